The van der Waals surface area contributed by atoms with Crippen LogP contribution in [0.2, 0.25) is 0 Å². The highest BCUT2D eigenvalue weighted by molar-refractivity contribution is 6.24. The quantitative estimate of drug-likeness (QED) is 0.205. The molecule has 10 rings (SSSR count). The topological polar surface area (TPSA) is 37.6 Å². The van der Waals surface area contributed by atoms with Crippen molar-refractivity contribution in [3.05, 3.63) is 175 Å². The highest BCUT2D eigenvalue weighted by atomic mass is 16.5. The zero-order valence-corrected chi connectivity index (χ0v) is 26.7. The van der Waals surface area contributed by atoms with E-state index in [1.54, 1.807) is 0 Å². The van der Waals surface area contributed by atoms with Crippen molar-refractivity contribution in [2.75, 3.05) is 11.4 Å². The number of fused-ring (bicyclic) bond motifs is 8. The minimum Gasteiger partial charge on any atom is -0.484 e. The molecule has 3 heterocycles. The molecule has 1 aromatic heterocycles. The number of nitrogens with one attached hydrogen (secondary N) is 1. The van der Waals surface area contributed by atoms with Gasteiger partial charge in [-0.2, -0.15) is 0 Å². The number of nitrogens with zero attached hydrogens (tertiary/aromatic N) is 1. The van der Waals surface area contributed by atoms with Gasteiger partial charge in [0, 0.05) is 57.2 Å². The summed E-state index contributed by atoms with van der Waals surface area (Å²) in [4.78, 5) is 2.34. The Bertz CT molecular complexity index is 2540. The SMILES string of the molecule is C1=CNCC(c2cccc3oc4cc(N(c5ccccc5)c5ccc(-c6cccc7c6OC6C=CC=CC76)cc5)c5ccccc5c4c23)=C1. The zero-order chi connectivity index (χ0) is 32.3. The van der Waals surface area contributed by atoms with Crippen molar-refractivity contribution in [2.24, 2.45) is 0 Å². The number of allylic oxidation sites excluding steroid dienone is 4. The van der Waals surface area contributed by atoms with Crippen LogP contribution in [-0.4, -0.2) is 12.6 Å². The zero-order valence-electron chi connectivity index (χ0n) is 26.7. The molecule has 1 aliphatic carbocycles. The van der Waals surface area contributed by atoms with E-state index in [0.717, 1.165) is 67.8 Å². The Morgan fingerprint density at radius 2 is 1.41 bits per heavy atom. The molecule has 0 saturated heterocycles. The van der Waals surface area contributed by atoms with Gasteiger partial charge >= 0.3 is 0 Å². The van der Waals surface area contributed by atoms with E-state index in [0.29, 0.717) is 0 Å². The van der Waals surface area contributed by atoms with Gasteiger partial charge in [0.05, 0.1) is 5.69 Å². The van der Waals surface area contributed by atoms with Gasteiger partial charge in [-0.25, -0.2) is 0 Å². The Kier molecular flexibility index (Phi) is 6.34. The second-order valence-electron chi connectivity index (χ2n) is 12.8. The molecule has 2 atom stereocenters. The molecule has 7 aromatic rings. The molecule has 2 aliphatic heterocycles. The predicted molar refractivity (Wildman–Crippen MR) is 202 cm³/mol. The van der Waals surface area contributed by atoms with Gasteiger partial charge in [-0.15, -0.1) is 0 Å². The van der Waals surface area contributed by atoms with Crippen LogP contribution >= 0.6 is 0 Å². The van der Waals surface area contributed by atoms with Crippen LogP contribution in [0.5, 0.6) is 5.75 Å². The number of hydrogen-bond acceptors (Lipinski definition) is 4. The Morgan fingerprint density at radius 1 is 0.633 bits per heavy atom. The Labute approximate surface area is 284 Å². The molecular formula is C45H32N2O2. The largest absolute Gasteiger partial charge is 0.484 e. The van der Waals surface area contributed by atoms with E-state index in [-0.39, 0.29) is 12.0 Å². The Morgan fingerprint density at radius 3 is 2.27 bits per heavy atom. The van der Waals surface area contributed by atoms with Crippen LogP contribution in [0.3, 0.4) is 0 Å². The summed E-state index contributed by atoms with van der Waals surface area (Å²) in [6, 6.07) is 43.3. The van der Waals surface area contributed by atoms with E-state index in [2.05, 4.69) is 168 Å². The third-order valence-corrected chi connectivity index (χ3v) is 10.1. The molecule has 0 fully saturated rings. The molecule has 4 nitrogen and oxygen atoms in total. The molecule has 0 bridgehead atoms. The van der Waals surface area contributed by atoms with Crippen LogP contribution in [0.1, 0.15) is 17.0 Å². The van der Waals surface area contributed by atoms with Crippen molar-refractivity contribution in [1.82, 2.24) is 5.32 Å². The molecular weight excluding hydrogens is 601 g/mol. The third kappa shape index (κ3) is 4.45. The minimum absolute atomic E-state index is 0.0550. The fourth-order valence-electron chi connectivity index (χ4n) is 7.85. The number of para-hydroxylation sites is 2. The van der Waals surface area contributed by atoms with Crippen LogP contribution in [0.25, 0.3) is 49.4 Å². The van der Waals surface area contributed by atoms with E-state index in [1.807, 2.05) is 6.20 Å². The maximum absolute atomic E-state index is 6.70. The van der Waals surface area contributed by atoms with E-state index in [4.69, 9.17) is 9.15 Å². The number of dihydropyridines is 1. The summed E-state index contributed by atoms with van der Waals surface area (Å²) < 4.78 is 13.2. The third-order valence-electron chi connectivity index (χ3n) is 10.1. The first kappa shape index (κ1) is 27.8. The van der Waals surface area contributed by atoms with Gasteiger partial charge in [0.25, 0.3) is 0 Å². The van der Waals surface area contributed by atoms with Crippen LogP contribution in [0.4, 0.5) is 17.1 Å². The van der Waals surface area contributed by atoms with Gasteiger partial charge in [-0.3, -0.25) is 0 Å². The van der Waals surface area contributed by atoms with E-state index < -0.39 is 0 Å². The maximum atomic E-state index is 6.70. The molecule has 3 aliphatic rings. The van der Waals surface area contributed by atoms with Crippen molar-refractivity contribution in [2.45, 2.75) is 12.0 Å². The Hall–Kier alpha value is -6.26. The molecule has 0 spiro atoms. The lowest BCUT2D eigenvalue weighted by Gasteiger charge is -2.27. The van der Waals surface area contributed by atoms with Crippen LogP contribution in [-0.2, 0) is 0 Å². The lowest BCUT2D eigenvalue weighted by atomic mass is 9.90. The van der Waals surface area contributed by atoms with Gasteiger partial charge in [-0.1, -0.05) is 109 Å². The smallest absolute Gasteiger partial charge is 0.138 e. The molecule has 234 valence electrons. The molecule has 0 amide bonds. The van der Waals surface area contributed by atoms with Gasteiger partial charge < -0.3 is 19.4 Å². The minimum atomic E-state index is 0.0550. The average Bonchev–Trinajstić information content (AvgIpc) is 3.75. The fourth-order valence-corrected chi connectivity index (χ4v) is 7.85. The number of rotatable bonds is 5. The predicted octanol–water partition coefficient (Wildman–Crippen LogP) is 11.3. The maximum Gasteiger partial charge on any atom is 0.138 e. The van der Waals surface area contributed by atoms with Crippen molar-refractivity contribution >= 4 is 55.3 Å². The first-order chi connectivity index (χ1) is 24.3. The van der Waals surface area contributed by atoms with Crippen molar-refractivity contribution in [3.8, 4) is 16.9 Å². The lowest BCUT2D eigenvalue weighted by molar-refractivity contribution is 0.270. The number of benzene rings is 6. The van der Waals surface area contributed by atoms with Gasteiger partial charge in [0.1, 0.15) is 23.0 Å². The normalized spacial score (nSPS) is 17.5. The summed E-state index contributed by atoms with van der Waals surface area (Å²) in [5.41, 5.74) is 10.9. The highest BCUT2D eigenvalue weighted by Crippen LogP contribution is 2.48. The monoisotopic (exact) mass is 632 g/mol. The molecule has 4 heteroatoms. The summed E-state index contributed by atoms with van der Waals surface area (Å²) >= 11 is 0. The molecule has 49 heavy (non-hydrogen) atoms. The average molecular weight is 633 g/mol. The number of anilines is 3. The first-order valence-corrected chi connectivity index (χ1v) is 16.9. The standard InChI is InChI=1S/C45H32N2O2/c1-2-12-31(13-3-1)47(32-24-22-29(23-25-32)34-18-8-19-38-36-15-6-7-20-40(36)49-45(34)38)39-27-42-44(37-16-5-4-14-35(37)39)43-33(17-9-21-41(43)48-42)30-11-10-26-46-28-30/h1-27,36,40,46H,28H2. The molecule has 2 unspecified atom stereocenters. The second kappa shape index (κ2) is 11.2. The van der Waals surface area contributed by atoms with Crippen LogP contribution in [0.15, 0.2) is 168 Å². The van der Waals surface area contributed by atoms with Crippen molar-refractivity contribution < 1.29 is 9.15 Å². The lowest BCUT2D eigenvalue weighted by Crippen LogP contribution is -2.15. The van der Waals surface area contributed by atoms with Crippen LogP contribution < -0.4 is 15.0 Å². The summed E-state index contributed by atoms with van der Waals surface area (Å²) in [7, 11) is 0. The van der Waals surface area contributed by atoms with Gasteiger partial charge in [0.15, 0.2) is 0 Å². The number of hydrogen-bond donors (Lipinski definition) is 1. The molecule has 1 N–H and O–H groups in total. The second-order valence-corrected chi connectivity index (χ2v) is 12.8. The number of ether oxygens (including phenoxy) is 1. The van der Waals surface area contributed by atoms with Gasteiger partial charge in [0.2, 0.25) is 0 Å². The first-order valence-electron chi connectivity index (χ1n) is 16.9. The van der Waals surface area contributed by atoms with Crippen molar-refractivity contribution in [3.63, 3.8) is 0 Å². The number of furan rings is 1. The highest BCUT2D eigenvalue weighted by Gasteiger charge is 2.33. The van der Waals surface area contributed by atoms with E-state index in [9.17, 15) is 0 Å². The summed E-state index contributed by atoms with van der Waals surface area (Å²) in [6.45, 7) is 0.781. The van der Waals surface area contributed by atoms with E-state index >= 15 is 0 Å². The van der Waals surface area contributed by atoms with Crippen LogP contribution in [0, 0.1) is 0 Å². The molecule has 0 radical (unpaired) electrons. The molecule has 0 saturated carbocycles. The Balaban J connectivity index is 1.14. The summed E-state index contributed by atoms with van der Waals surface area (Å²) in [5.74, 6) is 1.25. The fraction of sp³-hybridized carbons (Fsp3) is 0.0667. The molecule has 6 aromatic carbocycles. The summed E-state index contributed by atoms with van der Waals surface area (Å²) in [5, 5.41) is 8.00. The van der Waals surface area contributed by atoms with E-state index in [1.165, 1.54) is 22.1 Å². The van der Waals surface area contributed by atoms with Gasteiger partial charge in [-0.05, 0) is 70.8 Å². The summed E-state index contributed by atoms with van der Waals surface area (Å²) in [6.07, 6.45) is 14.9. The van der Waals surface area contributed by atoms with Crippen molar-refractivity contribution in [1.29, 1.82) is 0 Å².